The molecule has 3 nitrogen and oxygen atoms in total. The molecular formula is C15H14BrN3. The van der Waals surface area contributed by atoms with Gasteiger partial charge < -0.3 is 9.72 Å². The third kappa shape index (κ3) is 2.63. The molecule has 4 heteroatoms. The van der Waals surface area contributed by atoms with Crippen LogP contribution in [-0.4, -0.2) is 9.38 Å². The smallest absolute Gasteiger partial charge is 0.137 e. The van der Waals surface area contributed by atoms with Crippen molar-refractivity contribution in [3.63, 3.8) is 0 Å². The number of anilines is 1. The van der Waals surface area contributed by atoms with E-state index in [-0.39, 0.29) is 0 Å². The Morgan fingerprint density at radius 1 is 1.21 bits per heavy atom. The van der Waals surface area contributed by atoms with E-state index in [0.29, 0.717) is 0 Å². The summed E-state index contributed by atoms with van der Waals surface area (Å²) in [5.74, 6) is 0. The Labute approximate surface area is 120 Å². The van der Waals surface area contributed by atoms with Crippen LogP contribution >= 0.6 is 15.9 Å². The van der Waals surface area contributed by atoms with Crippen molar-refractivity contribution in [1.29, 1.82) is 0 Å². The summed E-state index contributed by atoms with van der Waals surface area (Å²) in [7, 11) is 0. The van der Waals surface area contributed by atoms with E-state index in [9.17, 15) is 0 Å². The molecule has 0 aliphatic rings. The maximum absolute atomic E-state index is 4.60. The number of nitrogens with one attached hydrogen (secondary N) is 1. The van der Waals surface area contributed by atoms with Gasteiger partial charge >= 0.3 is 0 Å². The van der Waals surface area contributed by atoms with Gasteiger partial charge in [0.15, 0.2) is 0 Å². The Kier molecular flexibility index (Phi) is 3.25. The van der Waals surface area contributed by atoms with Crippen LogP contribution in [0.2, 0.25) is 0 Å². The zero-order valence-corrected chi connectivity index (χ0v) is 12.2. The number of nitrogens with zero attached hydrogens (tertiary/aromatic N) is 2. The van der Waals surface area contributed by atoms with Gasteiger partial charge in [0, 0.05) is 22.1 Å². The molecule has 2 aromatic heterocycles. The number of aromatic nitrogens is 2. The molecule has 1 aromatic carbocycles. The van der Waals surface area contributed by atoms with E-state index in [1.807, 2.05) is 30.3 Å². The van der Waals surface area contributed by atoms with Gasteiger partial charge in [-0.05, 0) is 37.3 Å². The Morgan fingerprint density at radius 3 is 2.84 bits per heavy atom. The molecule has 0 amide bonds. The lowest BCUT2D eigenvalue weighted by molar-refractivity contribution is 1.06. The van der Waals surface area contributed by atoms with Crippen molar-refractivity contribution in [2.24, 2.45) is 0 Å². The third-order valence-electron chi connectivity index (χ3n) is 3.04. The molecule has 3 rings (SSSR count). The second-order valence-electron chi connectivity index (χ2n) is 4.49. The average Bonchev–Trinajstić information content (AvgIpc) is 2.81. The normalized spacial score (nSPS) is 10.8. The molecule has 0 fully saturated rings. The van der Waals surface area contributed by atoms with Crippen LogP contribution in [0.1, 0.15) is 11.4 Å². The maximum Gasteiger partial charge on any atom is 0.137 e. The number of halogens is 1. The highest BCUT2D eigenvalue weighted by Gasteiger charge is 2.02. The second kappa shape index (κ2) is 5.05. The lowest BCUT2D eigenvalue weighted by Crippen LogP contribution is -1.99. The van der Waals surface area contributed by atoms with Gasteiger partial charge in [0.05, 0.1) is 12.2 Å². The number of rotatable bonds is 3. The van der Waals surface area contributed by atoms with Gasteiger partial charge in [-0.3, -0.25) is 0 Å². The summed E-state index contributed by atoms with van der Waals surface area (Å²) in [5.41, 5.74) is 4.31. The number of benzene rings is 1. The van der Waals surface area contributed by atoms with Gasteiger partial charge in [0.25, 0.3) is 0 Å². The van der Waals surface area contributed by atoms with Crippen LogP contribution in [0.25, 0.3) is 5.65 Å². The van der Waals surface area contributed by atoms with Crippen molar-refractivity contribution in [1.82, 2.24) is 9.38 Å². The van der Waals surface area contributed by atoms with E-state index in [2.05, 4.69) is 55.9 Å². The van der Waals surface area contributed by atoms with Crippen molar-refractivity contribution >= 4 is 27.3 Å². The first kappa shape index (κ1) is 12.2. The first-order valence-corrected chi connectivity index (χ1v) is 6.95. The lowest BCUT2D eigenvalue weighted by Gasteiger charge is -2.04. The monoisotopic (exact) mass is 315 g/mol. The molecule has 0 spiro atoms. The minimum atomic E-state index is 0.720. The van der Waals surface area contributed by atoms with Crippen LogP contribution in [0.3, 0.4) is 0 Å². The molecule has 0 saturated carbocycles. The number of imidazole rings is 1. The first-order valence-electron chi connectivity index (χ1n) is 6.15. The molecule has 0 bridgehead atoms. The Hall–Kier alpha value is -1.81. The molecule has 1 N–H and O–H groups in total. The molecule has 0 unspecified atom stereocenters. The molecule has 0 saturated heterocycles. The number of hydrogen-bond donors (Lipinski definition) is 1. The average molecular weight is 316 g/mol. The molecule has 19 heavy (non-hydrogen) atoms. The largest absolute Gasteiger partial charge is 0.379 e. The highest BCUT2D eigenvalue weighted by molar-refractivity contribution is 9.10. The van der Waals surface area contributed by atoms with Gasteiger partial charge in [-0.25, -0.2) is 4.98 Å². The van der Waals surface area contributed by atoms with Gasteiger partial charge in [0.1, 0.15) is 5.65 Å². The minimum absolute atomic E-state index is 0.720. The minimum Gasteiger partial charge on any atom is -0.379 e. The maximum atomic E-state index is 4.60. The number of pyridine rings is 1. The summed E-state index contributed by atoms with van der Waals surface area (Å²) < 4.78 is 3.18. The molecule has 96 valence electrons. The van der Waals surface area contributed by atoms with Gasteiger partial charge in [-0.15, -0.1) is 0 Å². The van der Waals surface area contributed by atoms with E-state index >= 15 is 0 Å². The van der Waals surface area contributed by atoms with E-state index < -0.39 is 0 Å². The SMILES string of the molecule is Cc1cccc2nc(CNc3cccc(Br)c3)cn12. The molecule has 3 aromatic rings. The third-order valence-corrected chi connectivity index (χ3v) is 3.54. The lowest BCUT2D eigenvalue weighted by atomic mass is 10.3. The van der Waals surface area contributed by atoms with E-state index in [4.69, 9.17) is 0 Å². The summed E-state index contributed by atoms with van der Waals surface area (Å²) in [6.45, 7) is 2.80. The Bertz CT molecular complexity index is 718. The number of hydrogen-bond acceptors (Lipinski definition) is 2. The van der Waals surface area contributed by atoms with Crippen LogP contribution in [-0.2, 0) is 6.54 Å². The fourth-order valence-corrected chi connectivity index (χ4v) is 2.47. The van der Waals surface area contributed by atoms with Crippen LogP contribution < -0.4 is 5.32 Å². The zero-order chi connectivity index (χ0) is 13.2. The van der Waals surface area contributed by atoms with Crippen molar-refractivity contribution < 1.29 is 0 Å². The predicted octanol–water partition coefficient (Wildman–Crippen LogP) is 4.02. The Morgan fingerprint density at radius 2 is 2.05 bits per heavy atom. The van der Waals surface area contributed by atoms with Gasteiger partial charge in [-0.2, -0.15) is 0 Å². The second-order valence-corrected chi connectivity index (χ2v) is 5.41. The highest BCUT2D eigenvalue weighted by Crippen LogP contribution is 2.16. The topological polar surface area (TPSA) is 29.3 Å². The highest BCUT2D eigenvalue weighted by atomic mass is 79.9. The summed E-state index contributed by atoms with van der Waals surface area (Å²) >= 11 is 3.47. The summed E-state index contributed by atoms with van der Waals surface area (Å²) in [6, 6.07) is 14.3. The molecule has 0 aliphatic heterocycles. The van der Waals surface area contributed by atoms with E-state index in [0.717, 1.165) is 28.0 Å². The van der Waals surface area contributed by atoms with Crippen LogP contribution in [0.4, 0.5) is 5.69 Å². The van der Waals surface area contributed by atoms with Gasteiger partial charge in [0.2, 0.25) is 0 Å². The standard InChI is InChI=1S/C15H14BrN3/c1-11-4-2-7-15-18-14(10-19(11)15)9-17-13-6-3-5-12(16)8-13/h2-8,10,17H,9H2,1H3. The fourth-order valence-electron chi connectivity index (χ4n) is 2.08. The van der Waals surface area contributed by atoms with Crippen LogP contribution in [0.15, 0.2) is 53.1 Å². The van der Waals surface area contributed by atoms with Gasteiger partial charge in [-0.1, -0.05) is 28.1 Å². The first-order chi connectivity index (χ1) is 9.22. The molecular weight excluding hydrogens is 302 g/mol. The summed E-state index contributed by atoms with van der Waals surface area (Å²) in [6.07, 6.45) is 2.08. The molecule has 0 atom stereocenters. The van der Waals surface area contributed by atoms with Crippen molar-refractivity contribution in [2.45, 2.75) is 13.5 Å². The van der Waals surface area contributed by atoms with Crippen molar-refractivity contribution in [2.75, 3.05) is 5.32 Å². The van der Waals surface area contributed by atoms with Crippen molar-refractivity contribution in [3.05, 3.63) is 64.5 Å². The van der Waals surface area contributed by atoms with Crippen LogP contribution in [0.5, 0.6) is 0 Å². The molecule has 0 aliphatic carbocycles. The van der Waals surface area contributed by atoms with Crippen LogP contribution in [0, 0.1) is 6.92 Å². The predicted molar refractivity (Wildman–Crippen MR) is 81.4 cm³/mol. The molecule has 2 heterocycles. The summed E-state index contributed by atoms with van der Waals surface area (Å²) in [4.78, 5) is 4.60. The van der Waals surface area contributed by atoms with E-state index in [1.54, 1.807) is 0 Å². The van der Waals surface area contributed by atoms with Crippen molar-refractivity contribution in [3.8, 4) is 0 Å². The molecule has 0 radical (unpaired) electrons. The quantitative estimate of drug-likeness (QED) is 0.791. The fraction of sp³-hybridized carbons (Fsp3) is 0.133. The summed E-state index contributed by atoms with van der Waals surface area (Å²) in [5, 5.41) is 3.38. The Balaban J connectivity index is 1.80. The number of aryl methyl sites for hydroxylation is 1. The zero-order valence-electron chi connectivity index (χ0n) is 10.6. The number of fused-ring (bicyclic) bond motifs is 1. The van der Waals surface area contributed by atoms with E-state index in [1.165, 1.54) is 5.69 Å².